The molecular weight excluding hydrogens is 254 g/mol. The molecule has 1 N–H and O–H groups in total. The number of aromatic nitrogens is 2. The van der Waals surface area contributed by atoms with Crippen molar-refractivity contribution in [2.75, 3.05) is 13.1 Å². The highest BCUT2D eigenvalue weighted by molar-refractivity contribution is 7.13. The van der Waals surface area contributed by atoms with Gasteiger partial charge in [-0.3, -0.25) is 0 Å². The topological polar surface area (TPSA) is 29.9 Å². The van der Waals surface area contributed by atoms with Crippen molar-refractivity contribution in [1.29, 1.82) is 0 Å². The molecule has 104 valence electrons. The highest BCUT2D eigenvalue weighted by Gasteiger charge is 2.09. The van der Waals surface area contributed by atoms with E-state index in [9.17, 15) is 0 Å². The monoisotopic (exact) mass is 277 g/mol. The maximum Gasteiger partial charge on any atom is 0.150 e. The van der Waals surface area contributed by atoms with Crippen LogP contribution in [-0.4, -0.2) is 22.6 Å². The number of rotatable bonds is 6. The molecule has 4 heteroatoms. The van der Waals surface area contributed by atoms with Crippen molar-refractivity contribution in [2.24, 2.45) is 5.41 Å². The van der Waals surface area contributed by atoms with E-state index < -0.39 is 0 Å². The lowest BCUT2D eigenvalue weighted by Gasteiger charge is -2.18. The lowest BCUT2D eigenvalue weighted by atomic mass is 9.92. The van der Waals surface area contributed by atoms with Gasteiger partial charge < -0.3 is 9.88 Å². The van der Waals surface area contributed by atoms with Crippen LogP contribution in [0.5, 0.6) is 0 Å². The van der Waals surface area contributed by atoms with E-state index in [2.05, 4.69) is 59.3 Å². The third-order valence-corrected chi connectivity index (χ3v) is 3.90. The smallest absolute Gasteiger partial charge is 0.150 e. The molecule has 0 spiro atoms. The Bertz CT molecular complexity index is 480. The van der Waals surface area contributed by atoms with Crippen LogP contribution in [0.3, 0.4) is 0 Å². The molecule has 0 aliphatic carbocycles. The van der Waals surface area contributed by atoms with E-state index in [4.69, 9.17) is 0 Å². The normalized spacial score (nSPS) is 11.9. The quantitative estimate of drug-likeness (QED) is 0.817. The third-order valence-electron chi connectivity index (χ3n) is 3.04. The summed E-state index contributed by atoms with van der Waals surface area (Å²) in [5.74, 6) is 1.08. The summed E-state index contributed by atoms with van der Waals surface area (Å²) in [5.41, 5.74) is 0.407. The van der Waals surface area contributed by atoms with Crippen molar-refractivity contribution in [2.45, 2.75) is 33.7 Å². The number of thiophene rings is 1. The van der Waals surface area contributed by atoms with Crippen LogP contribution in [-0.2, 0) is 6.54 Å². The number of imidazole rings is 1. The molecule has 2 aromatic heterocycles. The number of hydrogen-bond donors (Lipinski definition) is 1. The molecule has 0 fully saturated rings. The Morgan fingerprint density at radius 1 is 1.32 bits per heavy atom. The lowest BCUT2D eigenvalue weighted by Crippen LogP contribution is -2.24. The zero-order valence-corrected chi connectivity index (χ0v) is 12.8. The molecule has 0 radical (unpaired) electrons. The van der Waals surface area contributed by atoms with Crippen molar-refractivity contribution < 1.29 is 0 Å². The summed E-state index contributed by atoms with van der Waals surface area (Å²) in [7, 11) is 0. The highest BCUT2D eigenvalue weighted by atomic mass is 32.1. The summed E-state index contributed by atoms with van der Waals surface area (Å²) >= 11 is 1.74. The van der Waals surface area contributed by atoms with E-state index in [1.54, 1.807) is 11.3 Å². The Labute approximate surface area is 119 Å². The van der Waals surface area contributed by atoms with Gasteiger partial charge in [-0.1, -0.05) is 26.8 Å². The Morgan fingerprint density at radius 3 is 2.84 bits per heavy atom. The SMILES string of the molecule is CC(C)(C)CCNCCn1ccnc1-c1cccs1. The predicted octanol–water partition coefficient (Wildman–Crippen LogP) is 3.64. The van der Waals surface area contributed by atoms with Gasteiger partial charge in [-0.15, -0.1) is 11.3 Å². The van der Waals surface area contributed by atoms with E-state index in [-0.39, 0.29) is 0 Å². The second-order valence-electron chi connectivity index (χ2n) is 5.98. The molecule has 0 aromatic carbocycles. The van der Waals surface area contributed by atoms with Gasteiger partial charge in [-0.2, -0.15) is 0 Å². The maximum absolute atomic E-state index is 4.44. The van der Waals surface area contributed by atoms with Gasteiger partial charge in [0.15, 0.2) is 0 Å². The molecule has 0 bridgehead atoms. The Hall–Kier alpha value is -1.13. The van der Waals surface area contributed by atoms with E-state index in [0.717, 1.165) is 25.5 Å². The number of nitrogens with zero attached hydrogens (tertiary/aromatic N) is 2. The molecule has 0 amide bonds. The zero-order chi connectivity index (χ0) is 13.7. The van der Waals surface area contributed by atoms with E-state index >= 15 is 0 Å². The minimum Gasteiger partial charge on any atom is -0.329 e. The predicted molar refractivity (Wildman–Crippen MR) is 82.5 cm³/mol. The second kappa shape index (κ2) is 6.35. The lowest BCUT2D eigenvalue weighted by molar-refractivity contribution is 0.365. The third kappa shape index (κ3) is 4.48. The average Bonchev–Trinajstić information content (AvgIpc) is 2.96. The van der Waals surface area contributed by atoms with Crippen molar-refractivity contribution in [1.82, 2.24) is 14.9 Å². The minimum absolute atomic E-state index is 0.407. The summed E-state index contributed by atoms with van der Waals surface area (Å²) < 4.78 is 2.22. The van der Waals surface area contributed by atoms with Gasteiger partial charge in [0.2, 0.25) is 0 Å². The molecule has 3 nitrogen and oxygen atoms in total. The molecule has 0 atom stereocenters. The molecule has 0 saturated carbocycles. The fourth-order valence-corrected chi connectivity index (χ4v) is 2.64. The van der Waals surface area contributed by atoms with E-state index in [0.29, 0.717) is 5.41 Å². The van der Waals surface area contributed by atoms with Gasteiger partial charge >= 0.3 is 0 Å². The molecule has 0 unspecified atom stereocenters. The first kappa shape index (κ1) is 14.3. The van der Waals surface area contributed by atoms with Gasteiger partial charge in [-0.25, -0.2) is 4.98 Å². The summed E-state index contributed by atoms with van der Waals surface area (Å²) in [6, 6.07) is 4.19. The van der Waals surface area contributed by atoms with Gasteiger partial charge in [0.25, 0.3) is 0 Å². The highest BCUT2D eigenvalue weighted by Crippen LogP contribution is 2.22. The molecule has 0 aliphatic rings. The molecule has 0 aliphatic heterocycles. The van der Waals surface area contributed by atoms with Crippen LogP contribution in [0.2, 0.25) is 0 Å². The van der Waals surface area contributed by atoms with Crippen LogP contribution in [0.15, 0.2) is 29.9 Å². The Balaban J connectivity index is 1.80. The van der Waals surface area contributed by atoms with Crippen LogP contribution >= 0.6 is 11.3 Å². The maximum atomic E-state index is 4.44. The fourth-order valence-electron chi connectivity index (χ4n) is 1.91. The van der Waals surface area contributed by atoms with Crippen LogP contribution in [0.1, 0.15) is 27.2 Å². The molecule has 19 heavy (non-hydrogen) atoms. The zero-order valence-electron chi connectivity index (χ0n) is 12.0. The summed E-state index contributed by atoms with van der Waals surface area (Å²) in [5, 5.41) is 5.60. The summed E-state index contributed by atoms with van der Waals surface area (Å²) in [4.78, 5) is 5.68. The first-order valence-corrected chi connectivity index (χ1v) is 7.70. The van der Waals surface area contributed by atoms with Crippen LogP contribution in [0, 0.1) is 5.41 Å². The average molecular weight is 277 g/mol. The van der Waals surface area contributed by atoms with Gasteiger partial charge in [0, 0.05) is 25.5 Å². The Kier molecular flexibility index (Phi) is 4.77. The molecule has 0 saturated heterocycles. The van der Waals surface area contributed by atoms with Crippen molar-refractivity contribution in [3.05, 3.63) is 29.9 Å². The van der Waals surface area contributed by atoms with E-state index in [1.165, 1.54) is 11.3 Å². The van der Waals surface area contributed by atoms with Crippen LogP contribution in [0.4, 0.5) is 0 Å². The van der Waals surface area contributed by atoms with Crippen molar-refractivity contribution in [3.63, 3.8) is 0 Å². The first-order valence-electron chi connectivity index (χ1n) is 6.82. The molecule has 2 rings (SSSR count). The van der Waals surface area contributed by atoms with Crippen molar-refractivity contribution >= 4 is 11.3 Å². The largest absolute Gasteiger partial charge is 0.329 e. The first-order chi connectivity index (χ1) is 9.06. The number of nitrogens with one attached hydrogen (secondary N) is 1. The standard InChI is InChI=1S/C15H23N3S/c1-15(2,3)6-7-16-8-10-18-11-9-17-14(18)13-5-4-12-19-13/h4-5,9,11-12,16H,6-8,10H2,1-3H3. The minimum atomic E-state index is 0.407. The second-order valence-corrected chi connectivity index (χ2v) is 6.93. The van der Waals surface area contributed by atoms with Gasteiger partial charge in [0.1, 0.15) is 5.82 Å². The Morgan fingerprint density at radius 2 is 2.16 bits per heavy atom. The molecule has 2 aromatic rings. The molecule has 2 heterocycles. The van der Waals surface area contributed by atoms with Crippen LogP contribution in [0.25, 0.3) is 10.7 Å². The number of hydrogen-bond acceptors (Lipinski definition) is 3. The molecular formula is C15H23N3S. The van der Waals surface area contributed by atoms with Crippen molar-refractivity contribution in [3.8, 4) is 10.7 Å². The summed E-state index contributed by atoms with van der Waals surface area (Å²) in [6.45, 7) is 9.87. The fraction of sp³-hybridized carbons (Fsp3) is 0.533. The summed E-state index contributed by atoms with van der Waals surface area (Å²) in [6.07, 6.45) is 5.14. The van der Waals surface area contributed by atoms with E-state index in [1.807, 2.05) is 6.20 Å². The van der Waals surface area contributed by atoms with Gasteiger partial charge in [0.05, 0.1) is 4.88 Å². The van der Waals surface area contributed by atoms with Crippen LogP contribution < -0.4 is 5.32 Å². The van der Waals surface area contributed by atoms with Gasteiger partial charge in [-0.05, 0) is 29.8 Å².